The van der Waals surface area contributed by atoms with E-state index in [0.29, 0.717) is 0 Å². The highest BCUT2D eigenvalue weighted by Crippen LogP contribution is 2.23. The number of thiazole rings is 1. The topological polar surface area (TPSA) is 179 Å². The van der Waals surface area contributed by atoms with Gasteiger partial charge in [-0.05, 0) is 18.4 Å². The van der Waals surface area contributed by atoms with Crippen molar-refractivity contribution in [2.45, 2.75) is 6.92 Å². The molecule has 1 heterocycles. The summed E-state index contributed by atoms with van der Waals surface area (Å²) in [6.07, 6.45) is 1.86. The minimum Gasteiger partial charge on any atom is -0.412 e. The van der Waals surface area contributed by atoms with Crippen LogP contribution in [-0.2, 0) is 0 Å². The highest BCUT2D eigenvalue weighted by molar-refractivity contribution is 7.15. The first kappa shape index (κ1) is 21.7. The van der Waals surface area contributed by atoms with Crippen LogP contribution >= 0.6 is 11.3 Å². The van der Waals surface area contributed by atoms with Crippen LogP contribution in [0, 0.1) is 17.2 Å². The first-order valence-corrected chi connectivity index (χ1v) is 8.93. The minimum atomic E-state index is -4.94. The summed E-state index contributed by atoms with van der Waals surface area (Å²) in [5, 5.41) is 8.52. The summed E-state index contributed by atoms with van der Waals surface area (Å²) in [6.45, 7) is 1.98. The fourth-order valence-electron chi connectivity index (χ4n) is 2.04. The number of anilines is 2. The second kappa shape index (κ2) is 9.40. The zero-order chi connectivity index (χ0) is 18.4. The third-order valence-electron chi connectivity index (χ3n) is 2.93. The summed E-state index contributed by atoms with van der Waals surface area (Å²) in [6, 6.07) is 13.6. The zero-order valence-electron chi connectivity index (χ0n) is 13.4. The van der Waals surface area contributed by atoms with Gasteiger partial charge in [-0.15, -0.1) is 10.2 Å². The molecule has 2 amide bonds. The largest absolute Gasteiger partial charge is 0.412 e. The number of aromatic nitrogens is 1. The van der Waals surface area contributed by atoms with Gasteiger partial charge in [-0.3, -0.25) is 5.32 Å². The van der Waals surface area contributed by atoms with E-state index < -0.39 is 10.2 Å². The van der Waals surface area contributed by atoms with Crippen molar-refractivity contribution in [2.75, 3.05) is 10.6 Å². The number of hydrogen-bond acceptors (Lipinski definition) is 6. The Morgan fingerprint density at radius 2 is 1.65 bits per heavy atom. The van der Waals surface area contributed by atoms with Crippen molar-refractivity contribution in [3.05, 3.63) is 53.5 Å². The Labute approximate surface area is 154 Å². The van der Waals surface area contributed by atoms with Crippen LogP contribution in [0.5, 0.6) is 0 Å². The summed E-state index contributed by atoms with van der Waals surface area (Å²) in [4.78, 5) is 16.1. The Balaban J connectivity index is 0.000000501. The maximum atomic E-state index is 12.0. The summed E-state index contributed by atoms with van der Waals surface area (Å²) in [5.41, 5.74) is 0.800. The highest BCUT2D eigenvalue weighted by Gasteiger charge is 2.13. The third-order valence-corrected chi connectivity index (χ3v) is 3.80. The van der Waals surface area contributed by atoms with E-state index in [-0.39, 0.29) is 11.5 Å². The molecule has 0 unspecified atom stereocenters. The average molecular weight is 402 g/mol. The molecule has 0 aliphatic heterocycles. The molecule has 0 aliphatic rings. The molecule has 9 nitrogen and oxygen atoms in total. The number of benzene rings is 2. The lowest BCUT2D eigenvalue weighted by Gasteiger charge is -2.17. The monoisotopic (exact) mass is 401 g/mol. The molecule has 140 valence electrons. The number of halogens is 1. The number of H-pyrrole nitrogens is 1. The summed E-state index contributed by atoms with van der Waals surface area (Å²) in [5.74, 6) is 0. The van der Waals surface area contributed by atoms with Gasteiger partial charge in [-0.1, -0.05) is 47.7 Å². The van der Waals surface area contributed by atoms with Crippen molar-refractivity contribution in [1.82, 2.24) is 0 Å². The minimum absolute atomic E-state index is 0. The Morgan fingerprint density at radius 3 is 2.27 bits per heavy atom. The van der Waals surface area contributed by atoms with Gasteiger partial charge < -0.3 is 5.48 Å². The van der Waals surface area contributed by atoms with Gasteiger partial charge >= 0.3 is 11.2 Å². The van der Waals surface area contributed by atoms with E-state index >= 15 is 0 Å². The van der Waals surface area contributed by atoms with E-state index in [1.807, 2.05) is 55.6 Å². The van der Waals surface area contributed by atoms with Crippen LogP contribution in [0.3, 0.4) is 0 Å². The quantitative estimate of drug-likeness (QED) is 0.507. The maximum Gasteiger partial charge on any atom is 0.411 e. The highest BCUT2D eigenvalue weighted by atomic mass is 35.7. The predicted molar refractivity (Wildman–Crippen MR) is 85.8 cm³/mol. The van der Waals surface area contributed by atoms with Crippen LogP contribution in [0.4, 0.5) is 15.6 Å². The van der Waals surface area contributed by atoms with Crippen molar-refractivity contribution < 1.29 is 44.1 Å². The second-order valence-corrected chi connectivity index (χ2v) is 6.83. The maximum absolute atomic E-state index is 12.0. The smallest absolute Gasteiger partial charge is 0.411 e. The Kier molecular flexibility index (Phi) is 7.86. The van der Waals surface area contributed by atoms with Crippen LogP contribution in [-0.4, -0.2) is 11.5 Å². The molecule has 5 N–H and O–H groups in total. The lowest BCUT2D eigenvalue weighted by Crippen LogP contribution is -2.68. The number of aromatic amines is 1. The second-order valence-electron chi connectivity index (χ2n) is 4.81. The van der Waals surface area contributed by atoms with Gasteiger partial charge in [0.25, 0.3) is 0 Å². The predicted octanol–water partition coefficient (Wildman–Crippen LogP) is -1.91. The molecular weight excluding hydrogens is 386 g/mol. The van der Waals surface area contributed by atoms with Crippen molar-refractivity contribution in [3.8, 4) is 0 Å². The van der Waals surface area contributed by atoms with Crippen LogP contribution in [0.2, 0.25) is 0 Å². The molecule has 0 spiro atoms. The first-order chi connectivity index (χ1) is 11.7. The van der Waals surface area contributed by atoms with Crippen LogP contribution in [0.1, 0.15) is 4.88 Å². The Bertz CT molecular complexity index is 856. The molecule has 0 bridgehead atoms. The number of amides is 2. The molecular formula is C15H16ClN3O6S. The molecule has 3 rings (SSSR count). The molecule has 0 fully saturated rings. The summed E-state index contributed by atoms with van der Waals surface area (Å²) in [7, 11) is -4.94. The van der Waals surface area contributed by atoms with Gasteiger partial charge in [0.15, 0.2) is 0 Å². The van der Waals surface area contributed by atoms with E-state index in [1.54, 1.807) is 0 Å². The number of carbonyl (C=O) groups is 1. The normalized spacial score (nSPS) is 10.3. The van der Waals surface area contributed by atoms with Gasteiger partial charge in [0.05, 0.1) is 5.69 Å². The molecule has 0 atom stereocenters. The summed E-state index contributed by atoms with van der Waals surface area (Å²) < 4.78 is 34.0. The molecule has 0 saturated heterocycles. The SMILES string of the molecule is Cc1c[nH+]c(NC(=O)Nc2cccc3ccccc23)s1.O.[O-][Cl+3]([O-])([O-])[O-]. The molecule has 0 saturated carbocycles. The summed E-state index contributed by atoms with van der Waals surface area (Å²) >= 11 is 1.50. The third kappa shape index (κ3) is 7.29. The molecule has 3 aromatic rings. The van der Waals surface area contributed by atoms with Crippen LogP contribution < -0.4 is 34.3 Å². The Morgan fingerprint density at radius 1 is 1.04 bits per heavy atom. The number of aryl methyl sites for hydroxylation is 1. The molecule has 0 aliphatic carbocycles. The van der Waals surface area contributed by atoms with Gasteiger partial charge in [0.1, 0.15) is 6.20 Å². The molecule has 26 heavy (non-hydrogen) atoms. The van der Waals surface area contributed by atoms with Gasteiger partial charge in [-0.2, -0.15) is 5.32 Å². The molecule has 0 radical (unpaired) electrons. The standard InChI is InChI=1S/C15H13N3OS.ClHO4.H2O/c1-10-9-16-15(20-10)18-14(19)17-13-8-4-6-11-5-2-3-7-12(11)13;2-1(3,4)5;/h2-9H,1H3,(H2,16,17,18,19);(H,2,3,4,5);1H2. The number of fused-ring (bicyclic) bond motifs is 1. The van der Waals surface area contributed by atoms with Crippen molar-refractivity contribution in [2.24, 2.45) is 0 Å². The van der Waals surface area contributed by atoms with Crippen molar-refractivity contribution in [1.29, 1.82) is 0 Å². The van der Waals surface area contributed by atoms with Gasteiger partial charge in [-0.25, -0.2) is 28.4 Å². The fraction of sp³-hybridized carbons (Fsp3) is 0.0667. The molecule has 1 aromatic heterocycles. The number of carbonyl (C=O) groups excluding carboxylic acids is 1. The number of nitrogens with one attached hydrogen (secondary N) is 3. The van der Waals surface area contributed by atoms with E-state index in [4.69, 9.17) is 18.6 Å². The van der Waals surface area contributed by atoms with Crippen molar-refractivity contribution in [3.63, 3.8) is 0 Å². The number of urea groups is 1. The van der Waals surface area contributed by atoms with Gasteiger partial charge in [0.2, 0.25) is 0 Å². The van der Waals surface area contributed by atoms with Crippen LogP contribution in [0.15, 0.2) is 48.7 Å². The molecule has 2 aromatic carbocycles. The average Bonchev–Trinajstić information content (AvgIpc) is 2.91. The molecule has 11 heteroatoms. The van der Waals surface area contributed by atoms with E-state index in [2.05, 4.69) is 15.6 Å². The van der Waals surface area contributed by atoms with Crippen LogP contribution in [0.25, 0.3) is 10.8 Å². The van der Waals surface area contributed by atoms with E-state index in [1.165, 1.54) is 11.3 Å². The van der Waals surface area contributed by atoms with Gasteiger partial charge in [0, 0.05) is 10.3 Å². The van der Waals surface area contributed by atoms with E-state index in [9.17, 15) is 4.79 Å². The lowest BCUT2D eigenvalue weighted by molar-refractivity contribution is -2.00. The number of rotatable bonds is 2. The van der Waals surface area contributed by atoms with E-state index in [0.717, 1.165) is 26.5 Å². The number of hydrogen-bond donors (Lipinski definition) is 2. The Hall–Kier alpha value is -2.31. The fourth-order valence-corrected chi connectivity index (χ4v) is 2.74. The first-order valence-electron chi connectivity index (χ1n) is 6.88. The zero-order valence-corrected chi connectivity index (χ0v) is 15.0. The van der Waals surface area contributed by atoms with Crippen molar-refractivity contribution >= 4 is 39.0 Å². The lowest BCUT2D eigenvalue weighted by atomic mass is 10.1.